The lowest BCUT2D eigenvalue weighted by Gasteiger charge is -2.08. The van der Waals surface area contributed by atoms with E-state index in [9.17, 15) is 4.79 Å². The smallest absolute Gasteiger partial charge is 0.310 e. The third-order valence-corrected chi connectivity index (χ3v) is 3.27. The van der Waals surface area contributed by atoms with E-state index < -0.39 is 11.9 Å². The van der Waals surface area contributed by atoms with Crippen molar-refractivity contribution >= 4 is 32.8 Å². The molecule has 5 heteroatoms. The Hall–Kier alpha value is -1.36. The van der Waals surface area contributed by atoms with Crippen molar-refractivity contribution in [2.75, 3.05) is 0 Å². The van der Waals surface area contributed by atoms with Crippen molar-refractivity contribution in [1.29, 1.82) is 0 Å². The fourth-order valence-corrected chi connectivity index (χ4v) is 2.36. The topological polar surface area (TPSA) is 55.1 Å². The lowest BCUT2D eigenvalue weighted by Crippen LogP contribution is -2.09. The zero-order chi connectivity index (χ0) is 11.9. The summed E-state index contributed by atoms with van der Waals surface area (Å²) in [6.45, 7) is 1.68. The third kappa shape index (κ3) is 1.61. The van der Waals surface area contributed by atoms with Gasteiger partial charge in [0.2, 0.25) is 0 Å². The van der Waals surface area contributed by atoms with Crippen LogP contribution in [0.1, 0.15) is 18.4 Å². The molecule has 1 heterocycles. The molecule has 0 saturated carbocycles. The van der Waals surface area contributed by atoms with Gasteiger partial charge in [0.05, 0.1) is 11.4 Å². The summed E-state index contributed by atoms with van der Waals surface area (Å²) in [6, 6.07) is 5.60. The van der Waals surface area contributed by atoms with E-state index in [1.54, 1.807) is 11.6 Å². The first-order chi connectivity index (χ1) is 7.52. The fourth-order valence-electron chi connectivity index (χ4n) is 1.81. The Bertz CT molecular complexity index is 562. The van der Waals surface area contributed by atoms with Crippen molar-refractivity contribution in [3.05, 3.63) is 28.4 Å². The Kier molecular flexibility index (Phi) is 2.71. The molecule has 0 radical (unpaired) electrons. The summed E-state index contributed by atoms with van der Waals surface area (Å²) in [5.41, 5.74) is 1.65. The maximum atomic E-state index is 11.0. The van der Waals surface area contributed by atoms with Crippen molar-refractivity contribution in [2.45, 2.75) is 12.8 Å². The average Bonchev–Trinajstić information content (AvgIpc) is 2.54. The van der Waals surface area contributed by atoms with Crippen LogP contribution in [0.4, 0.5) is 0 Å². The number of benzene rings is 1. The minimum atomic E-state index is -0.829. The third-order valence-electron chi connectivity index (χ3n) is 2.69. The zero-order valence-electron chi connectivity index (χ0n) is 8.94. The van der Waals surface area contributed by atoms with E-state index in [2.05, 4.69) is 21.0 Å². The van der Waals surface area contributed by atoms with Gasteiger partial charge in [0.15, 0.2) is 0 Å². The molecule has 0 amide bonds. The number of hydrogen-bond donors (Lipinski definition) is 1. The van der Waals surface area contributed by atoms with E-state index in [0.29, 0.717) is 0 Å². The predicted molar refractivity (Wildman–Crippen MR) is 64.5 cm³/mol. The van der Waals surface area contributed by atoms with Crippen molar-refractivity contribution in [3.63, 3.8) is 0 Å². The molecule has 84 valence electrons. The van der Waals surface area contributed by atoms with E-state index in [1.807, 2.05) is 25.2 Å². The number of carbonyl (C=O) groups is 1. The number of fused-ring (bicyclic) bond motifs is 1. The van der Waals surface area contributed by atoms with Crippen molar-refractivity contribution in [3.8, 4) is 0 Å². The lowest BCUT2D eigenvalue weighted by molar-refractivity contribution is -0.138. The van der Waals surface area contributed by atoms with Gasteiger partial charge >= 0.3 is 5.97 Å². The molecule has 16 heavy (non-hydrogen) atoms. The molecule has 1 atom stereocenters. The van der Waals surface area contributed by atoms with Crippen LogP contribution in [0.25, 0.3) is 10.9 Å². The molecular formula is C11H11BrN2O2. The van der Waals surface area contributed by atoms with Gasteiger partial charge in [-0.05, 0) is 28.4 Å². The molecule has 1 N–H and O–H groups in total. The molecule has 0 bridgehead atoms. The number of nitrogens with zero attached hydrogens (tertiary/aromatic N) is 2. The number of aromatic nitrogens is 2. The monoisotopic (exact) mass is 282 g/mol. The molecule has 0 spiro atoms. The molecule has 2 aromatic rings. The van der Waals surface area contributed by atoms with E-state index >= 15 is 0 Å². The Labute approximate surface area is 101 Å². The molecule has 1 unspecified atom stereocenters. The van der Waals surface area contributed by atoms with Gasteiger partial charge in [0.1, 0.15) is 4.60 Å². The molecule has 0 fully saturated rings. The van der Waals surface area contributed by atoms with Crippen LogP contribution in [-0.2, 0) is 11.8 Å². The quantitative estimate of drug-likeness (QED) is 0.921. The van der Waals surface area contributed by atoms with E-state index in [-0.39, 0.29) is 0 Å². The maximum Gasteiger partial charge on any atom is 0.310 e. The predicted octanol–water partition coefficient (Wildman–Crippen LogP) is 2.52. The summed E-state index contributed by atoms with van der Waals surface area (Å²) >= 11 is 3.36. The van der Waals surface area contributed by atoms with Crippen molar-refractivity contribution in [1.82, 2.24) is 9.78 Å². The molecular weight excluding hydrogens is 272 g/mol. The average molecular weight is 283 g/mol. The lowest BCUT2D eigenvalue weighted by atomic mass is 9.99. The first-order valence-electron chi connectivity index (χ1n) is 4.86. The second-order valence-corrected chi connectivity index (χ2v) is 4.47. The number of hydrogen-bond acceptors (Lipinski definition) is 2. The van der Waals surface area contributed by atoms with Crippen LogP contribution >= 0.6 is 15.9 Å². The van der Waals surface area contributed by atoms with Crippen LogP contribution in [-0.4, -0.2) is 20.9 Å². The van der Waals surface area contributed by atoms with E-state index in [0.717, 1.165) is 21.1 Å². The molecule has 4 nitrogen and oxygen atoms in total. The van der Waals surface area contributed by atoms with Gasteiger partial charge in [-0.2, -0.15) is 5.10 Å². The number of halogens is 1. The van der Waals surface area contributed by atoms with Crippen LogP contribution in [0.15, 0.2) is 22.8 Å². The van der Waals surface area contributed by atoms with E-state index in [4.69, 9.17) is 5.11 Å². The summed E-state index contributed by atoms with van der Waals surface area (Å²) in [5, 5.41) is 14.2. The number of carboxylic acids is 1. The fraction of sp³-hybridized carbons (Fsp3) is 0.273. The van der Waals surface area contributed by atoms with Crippen molar-refractivity contribution in [2.24, 2.45) is 7.05 Å². The zero-order valence-corrected chi connectivity index (χ0v) is 10.5. The van der Waals surface area contributed by atoms with Gasteiger partial charge in [0.25, 0.3) is 0 Å². The minimum absolute atomic E-state index is 0.536. The first-order valence-corrected chi connectivity index (χ1v) is 5.65. The van der Waals surface area contributed by atoms with Gasteiger partial charge in [-0.1, -0.05) is 18.2 Å². The summed E-state index contributed by atoms with van der Waals surface area (Å²) < 4.78 is 2.44. The molecule has 0 aliphatic heterocycles. The highest BCUT2D eigenvalue weighted by molar-refractivity contribution is 9.10. The van der Waals surface area contributed by atoms with Crippen LogP contribution in [0.3, 0.4) is 0 Å². The van der Waals surface area contributed by atoms with Crippen molar-refractivity contribution < 1.29 is 9.90 Å². The van der Waals surface area contributed by atoms with Gasteiger partial charge in [-0.3, -0.25) is 9.48 Å². The van der Waals surface area contributed by atoms with Gasteiger partial charge in [-0.25, -0.2) is 0 Å². The molecule has 1 aromatic carbocycles. The minimum Gasteiger partial charge on any atom is -0.481 e. The number of aliphatic carboxylic acids is 1. The Morgan fingerprint density at radius 2 is 2.25 bits per heavy atom. The Morgan fingerprint density at radius 3 is 2.88 bits per heavy atom. The molecule has 0 saturated heterocycles. The number of rotatable bonds is 2. The van der Waals surface area contributed by atoms with Gasteiger partial charge in [0, 0.05) is 12.4 Å². The number of aryl methyl sites for hydroxylation is 1. The molecule has 1 aromatic heterocycles. The number of para-hydroxylation sites is 1. The summed E-state index contributed by atoms with van der Waals surface area (Å²) in [6.07, 6.45) is 0. The molecule has 2 rings (SSSR count). The highest BCUT2D eigenvalue weighted by Gasteiger charge is 2.19. The highest BCUT2D eigenvalue weighted by Crippen LogP contribution is 2.29. The molecule has 0 aliphatic carbocycles. The SMILES string of the molecule is CC(C(=O)O)c1cccc2c(Br)nn(C)c12. The standard InChI is InChI=1S/C11H11BrN2O2/c1-6(11(15)16)7-4-3-5-8-9(7)14(2)13-10(8)12/h3-6H,1-2H3,(H,15,16). The maximum absolute atomic E-state index is 11.0. The largest absolute Gasteiger partial charge is 0.481 e. The first kappa shape index (κ1) is 11.1. The summed E-state index contributed by atoms with van der Waals surface area (Å²) in [7, 11) is 1.81. The van der Waals surface area contributed by atoms with Gasteiger partial charge < -0.3 is 5.11 Å². The number of carboxylic acid groups (broad SMARTS) is 1. The van der Waals surface area contributed by atoms with Crippen LogP contribution < -0.4 is 0 Å². The second kappa shape index (κ2) is 3.90. The summed E-state index contributed by atoms with van der Waals surface area (Å²) in [5.74, 6) is -1.36. The van der Waals surface area contributed by atoms with Crippen LogP contribution in [0, 0.1) is 0 Å². The Balaban J connectivity index is 2.75. The van der Waals surface area contributed by atoms with Crippen LogP contribution in [0.5, 0.6) is 0 Å². The van der Waals surface area contributed by atoms with E-state index in [1.165, 1.54) is 0 Å². The second-order valence-electron chi connectivity index (χ2n) is 3.72. The highest BCUT2D eigenvalue weighted by atomic mass is 79.9. The summed E-state index contributed by atoms with van der Waals surface area (Å²) in [4.78, 5) is 11.0. The normalized spacial score (nSPS) is 12.9. The van der Waals surface area contributed by atoms with Crippen LogP contribution in [0.2, 0.25) is 0 Å². The van der Waals surface area contributed by atoms with Gasteiger partial charge in [-0.15, -0.1) is 0 Å². The Morgan fingerprint density at radius 1 is 1.56 bits per heavy atom. The molecule has 0 aliphatic rings.